The van der Waals surface area contributed by atoms with Gasteiger partial charge in [-0.2, -0.15) is 0 Å². The molecule has 0 radical (unpaired) electrons. The lowest BCUT2D eigenvalue weighted by Gasteiger charge is -2.37. The van der Waals surface area contributed by atoms with Crippen LogP contribution < -0.4 is 4.74 Å². The Balaban J connectivity index is 2.52. The van der Waals surface area contributed by atoms with Crippen molar-refractivity contribution in [1.29, 1.82) is 0 Å². The maximum absolute atomic E-state index is 11.9. The minimum absolute atomic E-state index is 0.0467. The van der Waals surface area contributed by atoms with Gasteiger partial charge in [-0.05, 0) is 24.6 Å². The summed E-state index contributed by atoms with van der Waals surface area (Å²) in [7, 11) is 3.18. The summed E-state index contributed by atoms with van der Waals surface area (Å²) < 4.78 is 6.14. The third-order valence-corrected chi connectivity index (χ3v) is 4.18. The van der Waals surface area contributed by atoms with Gasteiger partial charge < -0.3 is 14.7 Å². The number of benzene rings is 1. The fourth-order valence-electron chi connectivity index (χ4n) is 2.66. The molecule has 2 unspecified atom stereocenters. The van der Waals surface area contributed by atoms with Gasteiger partial charge in [0.25, 0.3) is 0 Å². The van der Waals surface area contributed by atoms with E-state index in [0.29, 0.717) is 17.7 Å². The van der Waals surface area contributed by atoms with Crippen LogP contribution in [0.1, 0.15) is 24.4 Å². The minimum Gasteiger partial charge on any atom is -0.496 e. The second-order valence-corrected chi connectivity index (χ2v) is 5.73. The molecule has 1 N–H and O–H groups in total. The molecule has 2 atom stereocenters. The van der Waals surface area contributed by atoms with Gasteiger partial charge in [-0.15, -0.1) is 0 Å². The van der Waals surface area contributed by atoms with Crippen LogP contribution in [0.15, 0.2) is 22.7 Å². The van der Waals surface area contributed by atoms with Crippen LogP contribution >= 0.6 is 15.9 Å². The Morgan fingerprint density at radius 2 is 2.20 bits per heavy atom. The van der Waals surface area contributed by atoms with Crippen LogP contribution in [-0.4, -0.2) is 36.0 Å². The number of amides is 1. The number of hydrogen-bond acceptors (Lipinski definition) is 3. The Morgan fingerprint density at radius 1 is 1.50 bits per heavy atom. The summed E-state index contributed by atoms with van der Waals surface area (Å²) in [4.78, 5) is 24.9. The normalized spacial score (nSPS) is 22.8. The third kappa shape index (κ3) is 2.65. The topological polar surface area (TPSA) is 66.8 Å². The van der Waals surface area contributed by atoms with E-state index in [-0.39, 0.29) is 12.3 Å². The molecule has 1 saturated heterocycles. The monoisotopic (exact) mass is 341 g/mol. The number of carboxylic acids is 1. The molecule has 0 spiro atoms. The molecule has 1 aliphatic heterocycles. The number of likely N-dealkylation sites (tertiary alicyclic amines) is 1. The fourth-order valence-corrected chi connectivity index (χ4v) is 3.04. The van der Waals surface area contributed by atoms with Crippen molar-refractivity contribution < 1.29 is 19.4 Å². The van der Waals surface area contributed by atoms with Crippen molar-refractivity contribution in [1.82, 2.24) is 4.90 Å². The van der Waals surface area contributed by atoms with Crippen LogP contribution in [0, 0.1) is 5.92 Å². The van der Waals surface area contributed by atoms with Crippen molar-refractivity contribution >= 4 is 27.8 Å². The van der Waals surface area contributed by atoms with Gasteiger partial charge in [0, 0.05) is 23.5 Å². The van der Waals surface area contributed by atoms with Crippen LogP contribution in [0.4, 0.5) is 0 Å². The zero-order valence-electron chi connectivity index (χ0n) is 11.3. The van der Waals surface area contributed by atoms with Gasteiger partial charge in [0.2, 0.25) is 5.91 Å². The number of carboxylic acid groups (broad SMARTS) is 1. The Hall–Kier alpha value is -1.56. The Labute approximate surface area is 125 Å². The number of hydrogen-bond donors (Lipinski definition) is 1. The molecule has 0 saturated carbocycles. The second kappa shape index (κ2) is 5.83. The standard InChI is InChI=1S/C14H16BrNO4/c1-16-12(17)6-4-9(14(18)19)13(16)10-7-8(15)3-5-11(10)20-2/h3,5,7,9,13H,4,6H2,1-2H3,(H,18,19). The van der Waals surface area contributed by atoms with Crippen molar-refractivity contribution in [2.24, 2.45) is 5.92 Å². The quantitative estimate of drug-likeness (QED) is 0.916. The van der Waals surface area contributed by atoms with Crippen molar-refractivity contribution in [2.75, 3.05) is 14.2 Å². The number of nitrogens with zero attached hydrogens (tertiary/aromatic N) is 1. The molecule has 5 nitrogen and oxygen atoms in total. The Bertz CT molecular complexity index is 546. The van der Waals surface area contributed by atoms with E-state index in [2.05, 4.69) is 15.9 Å². The molecule has 1 aromatic carbocycles. The number of methoxy groups -OCH3 is 1. The van der Waals surface area contributed by atoms with Gasteiger partial charge in [0.05, 0.1) is 19.1 Å². The summed E-state index contributed by atoms with van der Waals surface area (Å²) in [5, 5.41) is 9.42. The molecule has 108 valence electrons. The lowest BCUT2D eigenvalue weighted by molar-refractivity contribution is -0.150. The highest BCUT2D eigenvalue weighted by atomic mass is 79.9. The molecule has 1 amide bonds. The van der Waals surface area contributed by atoms with E-state index in [1.807, 2.05) is 12.1 Å². The minimum atomic E-state index is -0.892. The Morgan fingerprint density at radius 3 is 2.80 bits per heavy atom. The zero-order valence-corrected chi connectivity index (χ0v) is 12.9. The molecule has 1 heterocycles. The first-order valence-corrected chi connectivity index (χ1v) is 7.07. The number of aliphatic carboxylic acids is 1. The number of piperidine rings is 1. The molecule has 1 aliphatic rings. The average Bonchev–Trinajstić information content (AvgIpc) is 2.41. The molecule has 1 aromatic rings. The third-order valence-electron chi connectivity index (χ3n) is 3.69. The highest BCUT2D eigenvalue weighted by molar-refractivity contribution is 9.10. The Kier molecular flexibility index (Phi) is 4.32. The first kappa shape index (κ1) is 14.8. The molecular weight excluding hydrogens is 326 g/mol. The number of rotatable bonds is 3. The lowest BCUT2D eigenvalue weighted by Crippen LogP contribution is -2.43. The number of ether oxygens (including phenoxy) is 1. The van der Waals surface area contributed by atoms with E-state index < -0.39 is 17.9 Å². The molecule has 0 bridgehead atoms. The summed E-state index contributed by atoms with van der Waals surface area (Å²) in [6.07, 6.45) is 0.610. The highest BCUT2D eigenvalue weighted by Gasteiger charge is 2.40. The smallest absolute Gasteiger partial charge is 0.308 e. The summed E-state index contributed by atoms with van der Waals surface area (Å²) >= 11 is 3.38. The predicted octanol–water partition coefficient (Wildman–Crippen LogP) is 2.45. The van der Waals surface area contributed by atoms with Crippen molar-refractivity contribution in [3.8, 4) is 5.75 Å². The predicted molar refractivity (Wildman–Crippen MR) is 76.6 cm³/mol. The van der Waals surface area contributed by atoms with Gasteiger partial charge in [-0.25, -0.2) is 0 Å². The zero-order chi connectivity index (χ0) is 14.9. The molecule has 2 rings (SSSR count). The van der Waals surface area contributed by atoms with Crippen molar-refractivity contribution in [2.45, 2.75) is 18.9 Å². The first-order chi connectivity index (χ1) is 9.45. The van der Waals surface area contributed by atoms with E-state index in [9.17, 15) is 14.7 Å². The number of halogens is 1. The summed E-state index contributed by atoms with van der Waals surface area (Å²) in [6, 6.07) is 4.89. The van der Waals surface area contributed by atoms with Crippen LogP contribution in [-0.2, 0) is 9.59 Å². The maximum atomic E-state index is 11.9. The molecule has 0 aliphatic carbocycles. The molecule has 20 heavy (non-hydrogen) atoms. The van der Waals surface area contributed by atoms with E-state index in [0.717, 1.165) is 4.47 Å². The molecule has 0 aromatic heterocycles. The van der Waals surface area contributed by atoms with Gasteiger partial charge in [0.1, 0.15) is 5.75 Å². The van der Waals surface area contributed by atoms with Gasteiger partial charge in [-0.3, -0.25) is 9.59 Å². The molecule has 1 fully saturated rings. The molecule has 6 heteroatoms. The highest BCUT2D eigenvalue weighted by Crippen LogP contribution is 2.40. The van der Waals surface area contributed by atoms with Crippen molar-refractivity contribution in [3.63, 3.8) is 0 Å². The number of carbonyl (C=O) groups excluding carboxylic acids is 1. The summed E-state index contributed by atoms with van der Waals surface area (Å²) in [6.45, 7) is 0. The van der Waals surface area contributed by atoms with E-state index in [1.165, 1.54) is 12.0 Å². The van der Waals surface area contributed by atoms with Crippen LogP contribution in [0.3, 0.4) is 0 Å². The first-order valence-electron chi connectivity index (χ1n) is 6.27. The van der Waals surface area contributed by atoms with Gasteiger partial charge in [0.15, 0.2) is 0 Å². The van der Waals surface area contributed by atoms with E-state index in [1.54, 1.807) is 13.1 Å². The van der Waals surface area contributed by atoms with Crippen molar-refractivity contribution in [3.05, 3.63) is 28.2 Å². The average molecular weight is 342 g/mol. The van der Waals surface area contributed by atoms with E-state index >= 15 is 0 Å². The van der Waals surface area contributed by atoms with Crippen LogP contribution in [0.2, 0.25) is 0 Å². The lowest BCUT2D eigenvalue weighted by atomic mass is 9.84. The molecular formula is C14H16BrNO4. The van der Waals surface area contributed by atoms with Gasteiger partial charge in [-0.1, -0.05) is 15.9 Å². The SMILES string of the molecule is COc1ccc(Br)cc1C1C(C(=O)O)CCC(=O)N1C. The largest absolute Gasteiger partial charge is 0.496 e. The maximum Gasteiger partial charge on any atom is 0.308 e. The summed E-state index contributed by atoms with van der Waals surface area (Å²) in [5.74, 6) is -0.974. The van der Waals surface area contributed by atoms with Crippen LogP contribution in [0.25, 0.3) is 0 Å². The van der Waals surface area contributed by atoms with E-state index in [4.69, 9.17) is 4.74 Å². The summed E-state index contributed by atoms with van der Waals surface area (Å²) in [5.41, 5.74) is 0.713. The van der Waals surface area contributed by atoms with Crippen LogP contribution in [0.5, 0.6) is 5.75 Å². The second-order valence-electron chi connectivity index (χ2n) is 4.82. The van der Waals surface area contributed by atoms with Gasteiger partial charge >= 0.3 is 5.97 Å². The number of carbonyl (C=O) groups is 2. The fraction of sp³-hybridized carbons (Fsp3) is 0.429.